The fraction of sp³-hybridized carbons (Fsp3) is 0.0606. The van der Waals surface area contributed by atoms with E-state index in [0.717, 1.165) is 33.8 Å². The minimum Gasteiger partial charge on any atom is -0.310 e. The highest BCUT2D eigenvalue weighted by Gasteiger charge is 2.21. The number of aryl methyl sites for hydroxylation is 1. The Morgan fingerprint density at radius 1 is 0.686 bits per heavy atom. The van der Waals surface area contributed by atoms with Gasteiger partial charge in [-0.2, -0.15) is 0 Å². The van der Waals surface area contributed by atoms with Crippen molar-refractivity contribution in [3.05, 3.63) is 156 Å². The molecule has 0 amide bonds. The quantitative estimate of drug-likeness (QED) is 0.311. The van der Waals surface area contributed by atoms with E-state index in [2.05, 4.69) is 115 Å². The van der Waals surface area contributed by atoms with Gasteiger partial charge in [0.1, 0.15) is 0 Å². The molecule has 2 heteroatoms. The van der Waals surface area contributed by atoms with Crippen molar-refractivity contribution in [2.75, 3.05) is 4.90 Å². The first-order chi connectivity index (χ1) is 17.2. The molecule has 35 heavy (non-hydrogen) atoms. The average Bonchev–Trinajstić information content (AvgIpc) is 2.90. The number of hydrogen-bond donors (Lipinski definition) is 1. The Labute approximate surface area is 207 Å². The molecule has 0 bridgehead atoms. The van der Waals surface area contributed by atoms with Gasteiger partial charge >= 0.3 is 0 Å². The zero-order chi connectivity index (χ0) is 24.0. The summed E-state index contributed by atoms with van der Waals surface area (Å²) in [4.78, 5) is 2.27. The van der Waals surface area contributed by atoms with Crippen molar-refractivity contribution in [1.29, 1.82) is 5.41 Å². The maximum absolute atomic E-state index is 8.66. The van der Waals surface area contributed by atoms with Crippen molar-refractivity contribution >= 4 is 28.8 Å². The van der Waals surface area contributed by atoms with Crippen LogP contribution in [0.25, 0.3) is 6.08 Å². The van der Waals surface area contributed by atoms with E-state index >= 15 is 0 Å². The van der Waals surface area contributed by atoms with Crippen LogP contribution < -0.4 is 4.90 Å². The monoisotopic (exact) mass is 452 g/mol. The van der Waals surface area contributed by atoms with Gasteiger partial charge < -0.3 is 10.3 Å². The highest BCUT2D eigenvalue weighted by atomic mass is 15.1. The van der Waals surface area contributed by atoms with Crippen molar-refractivity contribution in [3.8, 4) is 0 Å². The van der Waals surface area contributed by atoms with Gasteiger partial charge in [-0.1, -0.05) is 97.1 Å². The Kier molecular flexibility index (Phi) is 6.54. The highest BCUT2D eigenvalue weighted by molar-refractivity contribution is 6.02. The number of allylic oxidation sites excluding steroid dienone is 5. The first-order valence-electron chi connectivity index (χ1n) is 11.9. The molecule has 0 spiro atoms. The predicted octanol–water partition coefficient (Wildman–Crippen LogP) is 8.78. The Morgan fingerprint density at radius 3 is 2.06 bits per heavy atom. The Balaban J connectivity index is 1.48. The molecule has 1 aliphatic rings. The zero-order valence-corrected chi connectivity index (χ0v) is 19.8. The van der Waals surface area contributed by atoms with Crippen LogP contribution in [0.4, 0.5) is 17.1 Å². The second-order valence-electron chi connectivity index (χ2n) is 8.76. The molecule has 0 heterocycles. The predicted molar refractivity (Wildman–Crippen MR) is 149 cm³/mol. The molecule has 1 N–H and O–H groups in total. The number of benzene rings is 4. The second-order valence-corrected chi connectivity index (χ2v) is 8.76. The molecule has 0 aromatic heterocycles. The second kappa shape index (κ2) is 10.2. The number of hydrogen-bond acceptors (Lipinski definition) is 2. The molecule has 5 rings (SSSR count). The SMILES string of the molecule is Cc1cccc(N(c2ccccc2)c2ccc(C3C(=N)C=CC=C3C=Cc3ccccc3)cc2)c1. The van der Waals surface area contributed by atoms with Crippen LogP contribution in [-0.4, -0.2) is 5.71 Å². The fourth-order valence-corrected chi connectivity index (χ4v) is 4.52. The number of rotatable bonds is 6. The van der Waals surface area contributed by atoms with Crippen LogP contribution in [-0.2, 0) is 0 Å². The van der Waals surface area contributed by atoms with E-state index in [0.29, 0.717) is 5.71 Å². The van der Waals surface area contributed by atoms with Crippen molar-refractivity contribution in [2.24, 2.45) is 0 Å². The molecule has 0 radical (unpaired) electrons. The maximum Gasteiger partial charge on any atom is 0.0505 e. The van der Waals surface area contributed by atoms with Gasteiger partial charge in [0.05, 0.1) is 5.92 Å². The fourth-order valence-electron chi connectivity index (χ4n) is 4.52. The van der Waals surface area contributed by atoms with Crippen LogP contribution >= 0.6 is 0 Å². The third-order valence-corrected chi connectivity index (χ3v) is 6.24. The molecule has 4 aromatic carbocycles. The van der Waals surface area contributed by atoms with Crippen molar-refractivity contribution in [1.82, 2.24) is 0 Å². The normalized spacial score (nSPS) is 15.3. The summed E-state index contributed by atoms with van der Waals surface area (Å²) in [5, 5.41) is 8.66. The van der Waals surface area contributed by atoms with E-state index in [9.17, 15) is 0 Å². The van der Waals surface area contributed by atoms with E-state index in [1.54, 1.807) is 0 Å². The van der Waals surface area contributed by atoms with Gasteiger partial charge in [-0.3, -0.25) is 0 Å². The molecule has 2 nitrogen and oxygen atoms in total. The number of para-hydroxylation sites is 1. The summed E-state index contributed by atoms with van der Waals surface area (Å²) in [5.74, 6) is -0.0850. The van der Waals surface area contributed by atoms with E-state index in [-0.39, 0.29) is 5.92 Å². The molecular formula is C33H28N2. The van der Waals surface area contributed by atoms with Crippen LogP contribution in [0, 0.1) is 12.3 Å². The van der Waals surface area contributed by atoms with E-state index in [1.807, 2.05) is 36.4 Å². The number of nitrogens with zero attached hydrogens (tertiary/aromatic N) is 1. The summed E-state index contributed by atoms with van der Waals surface area (Å²) >= 11 is 0. The Bertz CT molecular complexity index is 1390. The van der Waals surface area contributed by atoms with Crippen LogP contribution in [0.1, 0.15) is 22.6 Å². The lowest BCUT2D eigenvalue weighted by Crippen LogP contribution is -2.14. The van der Waals surface area contributed by atoms with E-state index in [1.165, 1.54) is 5.56 Å². The third kappa shape index (κ3) is 5.07. The van der Waals surface area contributed by atoms with Gasteiger partial charge in [0.2, 0.25) is 0 Å². The summed E-state index contributed by atoms with van der Waals surface area (Å²) in [6.07, 6.45) is 10.2. The molecule has 1 unspecified atom stereocenters. The van der Waals surface area contributed by atoms with Gasteiger partial charge in [-0.05, 0) is 71.7 Å². The summed E-state index contributed by atoms with van der Waals surface area (Å²) in [6, 6.07) is 37.9. The number of nitrogens with one attached hydrogen (secondary N) is 1. The molecule has 0 aliphatic heterocycles. The molecule has 1 aliphatic carbocycles. The lowest BCUT2D eigenvalue weighted by atomic mass is 9.83. The molecule has 0 saturated heterocycles. The van der Waals surface area contributed by atoms with Crippen LogP contribution in [0.3, 0.4) is 0 Å². The average molecular weight is 453 g/mol. The largest absolute Gasteiger partial charge is 0.310 e. The van der Waals surface area contributed by atoms with Crippen molar-refractivity contribution in [3.63, 3.8) is 0 Å². The van der Waals surface area contributed by atoms with Gasteiger partial charge in [-0.25, -0.2) is 0 Å². The third-order valence-electron chi connectivity index (χ3n) is 6.24. The Morgan fingerprint density at radius 2 is 1.34 bits per heavy atom. The highest BCUT2D eigenvalue weighted by Crippen LogP contribution is 2.37. The van der Waals surface area contributed by atoms with Crippen molar-refractivity contribution in [2.45, 2.75) is 12.8 Å². The Hall–Kier alpha value is -4.43. The lowest BCUT2D eigenvalue weighted by molar-refractivity contribution is 1.06. The van der Waals surface area contributed by atoms with Crippen LogP contribution in [0.2, 0.25) is 0 Å². The molecule has 0 fully saturated rings. The van der Waals surface area contributed by atoms with Gasteiger partial charge in [0.15, 0.2) is 0 Å². The minimum atomic E-state index is -0.0850. The summed E-state index contributed by atoms with van der Waals surface area (Å²) in [7, 11) is 0. The van der Waals surface area contributed by atoms with Crippen molar-refractivity contribution < 1.29 is 0 Å². The molecule has 170 valence electrons. The van der Waals surface area contributed by atoms with Crippen LogP contribution in [0.15, 0.2) is 139 Å². The standard InChI is InChI=1S/C33H28N2/c1-25-10-8-16-31(24-25)35(29-14-6-3-7-15-29)30-22-20-28(21-23-30)33-27(13-9-17-32(33)34)19-18-26-11-4-2-5-12-26/h2-24,33-34H,1H3. The molecule has 0 saturated carbocycles. The van der Waals surface area contributed by atoms with Crippen LogP contribution in [0.5, 0.6) is 0 Å². The summed E-state index contributed by atoms with van der Waals surface area (Å²) in [5.41, 5.74) is 8.55. The smallest absolute Gasteiger partial charge is 0.0505 e. The zero-order valence-electron chi connectivity index (χ0n) is 19.8. The summed E-state index contributed by atoms with van der Waals surface area (Å²) < 4.78 is 0. The first-order valence-corrected chi connectivity index (χ1v) is 11.9. The minimum absolute atomic E-state index is 0.0850. The topological polar surface area (TPSA) is 27.1 Å². The van der Waals surface area contributed by atoms with E-state index in [4.69, 9.17) is 5.41 Å². The first kappa shape index (κ1) is 22.4. The van der Waals surface area contributed by atoms with Gasteiger partial charge in [0, 0.05) is 22.8 Å². The molecule has 1 atom stereocenters. The van der Waals surface area contributed by atoms with E-state index < -0.39 is 0 Å². The number of anilines is 3. The summed E-state index contributed by atoms with van der Waals surface area (Å²) in [6.45, 7) is 2.12. The van der Waals surface area contributed by atoms with Gasteiger partial charge in [0.25, 0.3) is 0 Å². The lowest BCUT2D eigenvalue weighted by Gasteiger charge is -2.27. The van der Waals surface area contributed by atoms with Gasteiger partial charge in [-0.15, -0.1) is 0 Å². The maximum atomic E-state index is 8.66. The molecular weight excluding hydrogens is 424 g/mol. The molecule has 4 aromatic rings.